The number of hydrogen-bond donors (Lipinski definition) is 1. The molecule has 0 aromatic heterocycles. The third-order valence-electron chi connectivity index (χ3n) is 5.09. The van der Waals surface area contributed by atoms with Crippen LogP contribution in [0.3, 0.4) is 0 Å². The zero-order valence-corrected chi connectivity index (χ0v) is 19.3. The average molecular weight is 470 g/mol. The largest absolute Gasteiger partial charge is 0.372 e. The zero-order chi connectivity index (χ0) is 21.9. The number of sulfonamides is 1. The van der Waals surface area contributed by atoms with E-state index in [2.05, 4.69) is 10.2 Å². The molecule has 9 heteroatoms. The van der Waals surface area contributed by atoms with E-state index in [-0.39, 0.29) is 10.7 Å². The molecule has 1 aliphatic rings. The maximum atomic E-state index is 12.9. The van der Waals surface area contributed by atoms with Crippen molar-refractivity contribution in [1.29, 1.82) is 0 Å². The molecule has 1 unspecified atom stereocenters. The van der Waals surface area contributed by atoms with Gasteiger partial charge in [-0.25, -0.2) is 8.42 Å². The fourth-order valence-electron chi connectivity index (χ4n) is 3.59. The van der Waals surface area contributed by atoms with E-state index in [1.807, 2.05) is 24.3 Å². The van der Waals surface area contributed by atoms with E-state index in [0.29, 0.717) is 10.7 Å². The second kappa shape index (κ2) is 9.45. The number of carbonyl (C=O) groups excluding carboxylic acids is 1. The lowest BCUT2D eigenvalue weighted by molar-refractivity contribution is -0.116. The molecule has 2 aromatic carbocycles. The molecule has 1 saturated heterocycles. The van der Waals surface area contributed by atoms with Crippen LogP contribution in [0.4, 0.5) is 17.1 Å². The molecule has 1 aliphatic heterocycles. The minimum absolute atomic E-state index is 0.162. The lowest BCUT2D eigenvalue weighted by Crippen LogP contribution is -2.45. The van der Waals surface area contributed by atoms with Gasteiger partial charge in [-0.2, -0.15) is 0 Å². The number of nitrogens with zero attached hydrogens (tertiary/aromatic N) is 2. The highest BCUT2D eigenvalue weighted by atomic mass is 35.5. The van der Waals surface area contributed by atoms with E-state index in [4.69, 9.17) is 23.2 Å². The Morgan fingerprint density at radius 1 is 1.07 bits per heavy atom. The molecular weight excluding hydrogens is 445 g/mol. The highest BCUT2D eigenvalue weighted by Crippen LogP contribution is 2.32. The van der Waals surface area contributed by atoms with Gasteiger partial charge in [-0.15, -0.1) is 0 Å². The Labute approximate surface area is 187 Å². The number of hydrogen-bond acceptors (Lipinski definition) is 4. The van der Waals surface area contributed by atoms with Crippen LogP contribution in [0, 0.1) is 0 Å². The molecule has 30 heavy (non-hydrogen) atoms. The number of amides is 1. The molecule has 1 heterocycles. The standard InChI is InChI=1S/C21H25Cl2N3O3S/c1-15(26(30(2,28)29)20-14-16(22)6-11-19(20)23)21(27)24-17-7-9-18(10-8-17)25-12-4-3-5-13-25/h6-11,14-15H,3-5,12-13H2,1-2H3,(H,24,27). The van der Waals surface area contributed by atoms with Gasteiger partial charge in [-0.3, -0.25) is 9.10 Å². The van der Waals surface area contributed by atoms with Gasteiger partial charge in [0.1, 0.15) is 6.04 Å². The summed E-state index contributed by atoms with van der Waals surface area (Å²) in [6.07, 6.45) is 4.66. The quantitative estimate of drug-likeness (QED) is 0.660. The monoisotopic (exact) mass is 469 g/mol. The normalized spacial score (nSPS) is 15.5. The van der Waals surface area contributed by atoms with E-state index in [9.17, 15) is 13.2 Å². The smallest absolute Gasteiger partial charge is 0.247 e. The van der Waals surface area contributed by atoms with E-state index in [1.54, 1.807) is 6.07 Å². The lowest BCUT2D eigenvalue weighted by Gasteiger charge is -2.30. The van der Waals surface area contributed by atoms with E-state index < -0.39 is 22.0 Å². The van der Waals surface area contributed by atoms with Crippen molar-refractivity contribution < 1.29 is 13.2 Å². The second-order valence-electron chi connectivity index (χ2n) is 7.41. The van der Waals surface area contributed by atoms with Gasteiger partial charge in [-0.05, 0) is 68.7 Å². The maximum absolute atomic E-state index is 12.9. The van der Waals surface area contributed by atoms with Crippen molar-refractivity contribution in [3.8, 4) is 0 Å². The maximum Gasteiger partial charge on any atom is 0.247 e. The number of nitrogens with one attached hydrogen (secondary N) is 1. The average Bonchev–Trinajstić information content (AvgIpc) is 2.71. The fraction of sp³-hybridized carbons (Fsp3) is 0.381. The minimum atomic E-state index is -3.79. The van der Waals surface area contributed by atoms with Gasteiger partial charge >= 0.3 is 0 Å². The molecule has 0 spiro atoms. The molecule has 2 aromatic rings. The summed E-state index contributed by atoms with van der Waals surface area (Å²) in [4.78, 5) is 15.2. The summed E-state index contributed by atoms with van der Waals surface area (Å²) < 4.78 is 25.9. The van der Waals surface area contributed by atoms with Gasteiger partial charge in [0.2, 0.25) is 15.9 Å². The number of halogens is 2. The van der Waals surface area contributed by atoms with Crippen molar-refractivity contribution >= 4 is 56.2 Å². The summed E-state index contributed by atoms with van der Waals surface area (Å²) in [5.41, 5.74) is 1.87. The molecule has 1 atom stereocenters. The first-order chi connectivity index (χ1) is 14.2. The fourth-order valence-corrected chi connectivity index (χ4v) is 5.19. The van der Waals surface area contributed by atoms with Crippen LogP contribution in [0.1, 0.15) is 26.2 Å². The lowest BCUT2D eigenvalue weighted by atomic mass is 10.1. The molecule has 1 fully saturated rings. The van der Waals surface area contributed by atoms with Gasteiger partial charge in [0.05, 0.1) is 17.0 Å². The van der Waals surface area contributed by atoms with Gasteiger partial charge in [0, 0.05) is 29.5 Å². The van der Waals surface area contributed by atoms with Crippen LogP contribution in [0.25, 0.3) is 0 Å². The number of rotatable bonds is 6. The van der Waals surface area contributed by atoms with Gasteiger partial charge in [-0.1, -0.05) is 23.2 Å². The van der Waals surface area contributed by atoms with Gasteiger partial charge in [0.25, 0.3) is 0 Å². The number of carbonyl (C=O) groups is 1. The summed E-state index contributed by atoms with van der Waals surface area (Å²) in [7, 11) is -3.79. The summed E-state index contributed by atoms with van der Waals surface area (Å²) >= 11 is 12.2. The third-order valence-corrected chi connectivity index (χ3v) is 6.87. The SMILES string of the molecule is CC(C(=O)Nc1ccc(N2CCCCC2)cc1)N(c1cc(Cl)ccc1Cl)S(C)(=O)=O. The van der Waals surface area contributed by atoms with Crippen molar-refractivity contribution in [3.63, 3.8) is 0 Å². The minimum Gasteiger partial charge on any atom is -0.372 e. The van der Waals surface area contributed by atoms with Gasteiger partial charge < -0.3 is 10.2 Å². The topological polar surface area (TPSA) is 69.7 Å². The van der Waals surface area contributed by atoms with Crippen molar-refractivity contribution in [3.05, 3.63) is 52.5 Å². The van der Waals surface area contributed by atoms with Crippen LogP contribution in [0.2, 0.25) is 10.0 Å². The molecule has 162 valence electrons. The summed E-state index contributed by atoms with van der Waals surface area (Å²) in [5.74, 6) is -0.470. The summed E-state index contributed by atoms with van der Waals surface area (Å²) in [6.45, 7) is 3.58. The third kappa shape index (κ3) is 5.39. The predicted molar refractivity (Wildman–Crippen MR) is 124 cm³/mol. The first-order valence-electron chi connectivity index (χ1n) is 9.77. The molecule has 6 nitrogen and oxygen atoms in total. The molecule has 0 radical (unpaired) electrons. The second-order valence-corrected chi connectivity index (χ2v) is 10.1. The Hall–Kier alpha value is -1.96. The van der Waals surface area contributed by atoms with Crippen LogP contribution in [-0.4, -0.2) is 39.7 Å². The first kappa shape index (κ1) is 22.7. The van der Waals surface area contributed by atoms with Crippen molar-refractivity contribution in [1.82, 2.24) is 0 Å². The Morgan fingerprint density at radius 3 is 2.30 bits per heavy atom. The molecular formula is C21H25Cl2N3O3S. The summed E-state index contributed by atoms with van der Waals surface area (Å²) in [5, 5.41) is 3.30. The highest BCUT2D eigenvalue weighted by Gasteiger charge is 2.31. The van der Waals surface area contributed by atoms with Crippen LogP contribution in [-0.2, 0) is 14.8 Å². The van der Waals surface area contributed by atoms with Gasteiger partial charge in [0.15, 0.2) is 0 Å². The van der Waals surface area contributed by atoms with Crippen LogP contribution >= 0.6 is 23.2 Å². The molecule has 0 aliphatic carbocycles. The Morgan fingerprint density at radius 2 is 1.70 bits per heavy atom. The van der Waals surface area contributed by atoms with Crippen molar-refractivity contribution in [2.24, 2.45) is 0 Å². The van der Waals surface area contributed by atoms with E-state index in [0.717, 1.165) is 29.3 Å². The molecule has 1 amide bonds. The zero-order valence-electron chi connectivity index (χ0n) is 16.9. The van der Waals surface area contributed by atoms with E-state index >= 15 is 0 Å². The van der Waals surface area contributed by atoms with Crippen molar-refractivity contribution in [2.45, 2.75) is 32.2 Å². The van der Waals surface area contributed by atoms with Crippen LogP contribution in [0.15, 0.2) is 42.5 Å². The highest BCUT2D eigenvalue weighted by molar-refractivity contribution is 7.92. The van der Waals surface area contributed by atoms with Crippen LogP contribution < -0.4 is 14.5 Å². The predicted octanol–water partition coefficient (Wildman–Crippen LogP) is 4.78. The Bertz CT molecular complexity index is 1010. The number of piperidine rings is 1. The van der Waals surface area contributed by atoms with E-state index in [1.165, 1.54) is 38.3 Å². The Balaban J connectivity index is 1.78. The first-order valence-corrected chi connectivity index (χ1v) is 12.4. The van der Waals surface area contributed by atoms with Crippen molar-refractivity contribution in [2.75, 3.05) is 33.9 Å². The molecule has 0 bridgehead atoms. The van der Waals surface area contributed by atoms with Crippen LogP contribution in [0.5, 0.6) is 0 Å². The molecule has 0 saturated carbocycles. The number of anilines is 3. The molecule has 3 rings (SSSR count). The molecule has 1 N–H and O–H groups in total. The summed E-state index contributed by atoms with van der Waals surface area (Å²) in [6, 6.07) is 11.0. The Kier molecular flexibility index (Phi) is 7.16. The number of benzene rings is 2.